The topological polar surface area (TPSA) is 46.2 Å². The van der Waals surface area contributed by atoms with Gasteiger partial charge in [-0.1, -0.05) is 0 Å². The monoisotopic (exact) mass is 187 g/mol. The summed E-state index contributed by atoms with van der Waals surface area (Å²) in [6, 6.07) is 4.73. The van der Waals surface area contributed by atoms with E-state index in [0.717, 1.165) is 4.47 Å². The van der Waals surface area contributed by atoms with Gasteiger partial charge in [-0.15, -0.1) is 0 Å². The molecule has 0 aliphatic carbocycles. The Bertz CT molecular complexity index is 224. The average Bonchev–Trinajstić information content (AvgIpc) is 1.80. The second-order valence-electron chi connectivity index (χ2n) is 1.71. The number of aromatic hydroxyl groups is 1. The molecule has 0 aliphatic heterocycles. The van der Waals surface area contributed by atoms with Gasteiger partial charge in [0.2, 0.25) is 0 Å². The minimum Gasteiger partial charge on any atom is -0.508 e. The molecule has 48 valence electrons. The van der Waals surface area contributed by atoms with E-state index in [1.807, 2.05) is 0 Å². The Kier molecular flexibility index (Phi) is 1.62. The second kappa shape index (κ2) is 2.27. The summed E-state index contributed by atoms with van der Waals surface area (Å²) >= 11 is 3.16. The molecule has 0 unspecified atom stereocenters. The Morgan fingerprint density at radius 3 is 2.56 bits per heavy atom. The van der Waals surface area contributed by atoms with Crippen LogP contribution in [0.5, 0.6) is 5.75 Å². The van der Waals surface area contributed by atoms with Gasteiger partial charge in [-0.2, -0.15) is 0 Å². The standard InChI is InChI=1S/C6H6BrNO/c7-5-3-4(9)1-2-6(5)8/h1-3,9H,8H2. The first kappa shape index (κ1) is 6.42. The van der Waals surface area contributed by atoms with Gasteiger partial charge in [0.25, 0.3) is 0 Å². The molecule has 2 nitrogen and oxygen atoms in total. The summed E-state index contributed by atoms with van der Waals surface area (Å²) in [5.41, 5.74) is 6.06. The van der Waals surface area contributed by atoms with Gasteiger partial charge >= 0.3 is 0 Å². The molecular formula is C6H6BrNO. The van der Waals surface area contributed by atoms with Crippen molar-refractivity contribution in [1.82, 2.24) is 0 Å². The zero-order valence-electron chi connectivity index (χ0n) is 4.63. The Morgan fingerprint density at radius 2 is 2.11 bits per heavy atom. The molecule has 1 aromatic rings. The molecule has 1 aromatic carbocycles. The highest BCUT2D eigenvalue weighted by Crippen LogP contribution is 2.23. The molecule has 0 heterocycles. The van der Waals surface area contributed by atoms with E-state index >= 15 is 0 Å². The van der Waals surface area contributed by atoms with Crippen molar-refractivity contribution in [2.24, 2.45) is 0 Å². The molecule has 3 heteroatoms. The third kappa shape index (κ3) is 1.36. The third-order valence-electron chi connectivity index (χ3n) is 0.984. The number of phenolic OH excluding ortho intramolecular Hbond substituents is 1. The van der Waals surface area contributed by atoms with Crippen LogP contribution in [0, 0.1) is 0 Å². The predicted octanol–water partition coefficient (Wildman–Crippen LogP) is 1.74. The summed E-state index contributed by atoms with van der Waals surface area (Å²) in [5.74, 6) is 0.219. The van der Waals surface area contributed by atoms with Crippen molar-refractivity contribution in [3.05, 3.63) is 22.7 Å². The zero-order valence-corrected chi connectivity index (χ0v) is 6.22. The molecule has 0 bridgehead atoms. The summed E-state index contributed by atoms with van der Waals surface area (Å²) in [7, 11) is 0. The van der Waals surface area contributed by atoms with E-state index in [1.165, 1.54) is 0 Å². The average molecular weight is 188 g/mol. The first-order chi connectivity index (χ1) is 4.20. The van der Waals surface area contributed by atoms with Crippen molar-refractivity contribution >= 4 is 21.6 Å². The molecule has 0 radical (unpaired) electrons. The summed E-state index contributed by atoms with van der Waals surface area (Å²) in [4.78, 5) is 0. The lowest BCUT2D eigenvalue weighted by Gasteiger charge is -1.95. The Labute approximate surface area is 61.4 Å². The first-order valence-electron chi connectivity index (χ1n) is 2.44. The van der Waals surface area contributed by atoms with Crippen molar-refractivity contribution in [1.29, 1.82) is 0 Å². The van der Waals surface area contributed by atoms with E-state index in [9.17, 15) is 0 Å². The zero-order chi connectivity index (χ0) is 6.85. The van der Waals surface area contributed by atoms with Crippen molar-refractivity contribution in [2.45, 2.75) is 0 Å². The van der Waals surface area contributed by atoms with Crippen molar-refractivity contribution in [2.75, 3.05) is 5.73 Å². The van der Waals surface area contributed by atoms with Gasteiger partial charge in [-0.3, -0.25) is 0 Å². The summed E-state index contributed by atoms with van der Waals surface area (Å²) < 4.78 is 0.725. The Morgan fingerprint density at radius 1 is 1.44 bits per heavy atom. The molecule has 0 saturated heterocycles. The van der Waals surface area contributed by atoms with E-state index in [2.05, 4.69) is 15.9 Å². The quantitative estimate of drug-likeness (QED) is 0.481. The molecule has 9 heavy (non-hydrogen) atoms. The number of phenols is 1. The van der Waals surface area contributed by atoms with Crippen LogP contribution in [0.4, 0.5) is 5.69 Å². The highest BCUT2D eigenvalue weighted by atomic mass is 79.9. The fourth-order valence-corrected chi connectivity index (χ4v) is 0.883. The van der Waals surface area contributed by atoms with Gasteiger partial charge in [-0.05, 0) is 34.1 Å². The number of hydrogen-bond donors (Lipinski definition) is 2. The smallest absolute Gasteiger partial charge is 0.116 e. The molecular weight excluding hydrogens is 182 g/mol. The Balaban J connectivity index is 3.17. The molecule has 0 spiro atoms. The van der Waals surface area contributed by atoms with Gasteiger partial charge in [-0.25, -0.2) is 0 Å². The third-order valence-corrected chi connectivity index (χ3v) is 1.67. The SMILES string of the molecule is Nc1ccc(O)cc1Br. The lowest BCUT2D eigenvalue weighted by Crippen LogP contribution is -1.83. The number of anilines is 1. The van der Waals surface area contributed by atoms with Crippen molar-refractivity contribution < 1.29 is 5.11 Å². The second-order valence-corrected chi connectivity index (χ2v) is 2.56. The number of benzene rings is 1. The molecule has 0 atom stereocenters. The maximum atomic E-state index is 8.85. The largest absolute Gasteiger partial charge is 0.508 e. The van der Waals surface area contributed by atoms with Gasteiger partial charge in [0, 0.05) is 10.2 Å². The molecule has 1 rings (SSSR count). The molecule has 0 aromatic heterocycles. The van der Waals surface area contributed by atoms with Crippen LogP contribution < -0.4 is 5.73 Å². The predicted molar refractivity (Wildman–Crippen MR) is 40.2 cm³/mol. The van der Waals surface area contributed by atoms with E-state index in [1.54, 1.807) is 18.2 Å². The van der Waals surface area contributed by atoms with Crippen LogP contribution in [0.15, 0.2) is 22.7 Å². The number of nitrogen functional groups attached to an aromatic ring is 1. The normalized spacial score (nSPS) is 9.44. The molecule has 0 fully saturated rings. The van der Waals surface area contributed by atoms with Crippen LogP contribution in [0.2, 0.25) is 0 Å². The van der Waals surface area contributed by atoms with Crippen molar-refractivity contribution in [3.63, 3.8) is 0 Å². The summed E-state index contributed by atoms with van der Waals surface area (Å²) in [5, 5.41) is 8.85. The molecule has 0 amide bonds. The van der Waals surface area contributed by atoms with E-state index in [4.69, 9.17) is 10.8 Å². The lowest BCUT2D eigenvalue weighted by atomic mass is 10.3. The fraction of sp³-hybridized carbons (Fsp3) is 0. The Hall–Kier alpha value is -0.700. The van der Waals surface area contributed by atoms with Crippen LogP contribution in [0.3, 0.4) is 0 Å². The number of nitrogens with two attached hydrogens (primary N) is 1. The van der Waals surface area contributed by atoms with Crippen molar-refractivity contribution in [3.8, 4) is 5.75 Å². The van der Waals surface area contributed by atoms with Crippen LogP contribution in [-0.4, -0.2) is 5.11 Å². The lowest BCUT2D eigenvalue weighted by molar-refractivity contribution is 0.475. The first-order valence-corrected chi connectivity index (χ1v) is 3.23. The van der Waals surface area contributed by atoms with Gasteiger partial charge in [0.1, 0.15) is 5.75 Å². The minimum absolute atomic E-state index is 0.219. The highest BCUT2D eigenvalue weighted by molar-refractivity contribution is 9.10. The van der Waals surface area contributed by atoms with E-state index in [0.29, 0.717) is 5.69 Å². The number of halogens is 1. The fourth-order valence-electron chi connectivity index (χ4n) is 0.516. The maximum absolute atomic E-state index is 8.85. The van der Waals surface area contributed by atoms with E-state index < -0.39 is 0 Å². The van der Waals surface area contributed by atoms with E-state index in [-0.39, 0.29) is 5.75 Å². The molecule has 0 aliphatic rings. The van der Waals surface area contributed by atoms with Gasteiger partial charge in [0.15, 0.2) is 0 Å². The maximum Gasteiger partial charge on any atom is 0.116 e. The summed E-state index contributed by atoms with van der Waals surface area (Å²) in [6.07, 6.45) is 0. The highest BCUT2D eigenvalue weighted by Gasteiger charge is 1.93. The van der Waals surface area contributed by atoms with Crippen LogP contribution in [0.25, 0.3) is 0 Å². The molecule has 3 N–H and O–H groups in total. The van der Waals surface area contributed by atoms with Gasteiger partial charge in [0.05, 0.1) is 0 Å². The molecule has 0 saturated carbocycles. The summed E-state index contributed by atoms with van der Waals surface area (Å²) in [6.45, 7) is 0. The van der Waals surface area contributed by atoms with Crippen LogP contribution in [-0.2, 0) is 0 Å². The number of rotatable bonds is 0. The van der Waals surface area contributed by atoms with Crippen LogP contribution >= 0.6 is 15.9 Å². The minimum atomic E-state index is 0.219. The van der Waals surface area contributed by atoms with Crippen LogP contribution in [0.1, 0.15) is 0 Å². The van der Waals surface area contributed by atoms with Gasteiger partial charge < -0.3 is 10.8 Å². The number of hydrogen-bond acceptors (Lipinski definition) is 2.